The van der Waals surface area contributed by atoms with Crippen LogP contribution in [0.3, 0.4) is 0 Å². The Morgan fingerprint density at radius 3 is 2.21 bits per heavy atom. The van der Waals surface area contributed by atoms with E-state index < -0.39 is 36.2 Å². The molecule has 4 nitrogen and oxygen atoms in total. The van der Waals surface area contributed by atoms with Gasteiger partial charge in [0, 0.05) is 11.5 Å². The van der Waals surface area contributed by atoms with Gasteiger partial charge in [0.05, 0.1) is 13.2 Å². The van der Waals surface area contributed by atoms with E-state index >= 15 is 0 Å². The highest BCUT2D eigenvalue weighted by molar-refractivity contribution is 5.75. The summed E-state index contributed by atoms with van der Waals surface area (Å²) in [6.45, 7) is -0.691. The van der Waals surface area contributed by atoms with E-state index in [-0.39, 0.29) is 18.8 Å². The standard InChI is InChI=1S/C15H15F5O4/c1-2-3-8-4-10(16)12(11(17)5-8)9-6-22-14(23-7-9)24-13(21)15(18,19)20/h4-5,9,14H,2-3,6-7H2,1H3. The first-order chi connectivity index (χ1) is 11.2. The van der Waals surface area contributed by atoms with Gasteiger partial charge in [0.15, 0.2) is 0 Å². The van der Waals surface area contributed by atoms with E-state index in [2.05, 4.69) is 4.74 Å². The van der Waals surface area contributed by atoms with Crippen LogP contribution in [0, 0.1) is 11.6 Å². The molecule has 0 atom stereocenters. The smallest absolute Gasteiger partial charge is 0.404 e. The number of alkyl halides is 3. The van der Waals surface area contributed by atoms with Gasteiger partial charge in [-0.05, 0) is 24.1 Å². The van der Waals surface area contributed by atoms with E-state index in [0.717, 1.165) is 6.42 Å². The van der Waals surface area contributed by atoms with E-state index in [1.165, 1.54) is 12.1 Å². The molecule has 1 heterocycles. The summed E-state index contributed by atoms with van der Waals surface area (Å²) in [7, 11) is 0. The summed E-state index contributed by atoms with van der Waals surface area (Å²) in [4.78, 5) is 10.7. The van der Waals surface area contributed by atoms with E-state index in [9.17, 15) is 26.7 Å². The maximum absolute atomic E-state index is 14.1. The molecule has 0 aromatic heterocycles. The van der Waals surface area contributed by atoms with Crippen molar-refractivity contribution >= 4 is 5.97 Å². The van der Waals surface area contributed by atoms with Crippen molar-refractivity contribution in [2.75, 3.05) is 13.2 Å². The molecule has 0 saturated carbocycles. The number of esters is 1. The van der Waals surface area contributed by atoms with Crippen LogP contribution in [0.1, 0.15) is 30.4 Å². The van der Waals surface area contributed by atoms with Crippen molar-refractivity contribution in [2.45, 2.75) is 38.3 Å². The van der Waals surface area contributed by atoms with Crippen molar-refractivity contribution in [3.63, 3.8) is 0 Å². The molecule has 1 fully saturated rings. The zero-order valence-electron chi connectivity index (χ0n) is 12.7. The first kappa shape index (κ1) is 18.6. The van der Waals surface area contributed by atoms with Gasteiger partial charge in [-0.1, -0.05) is 13.3 Å². The average Bonchev–Trinajstić information content (AvgIpc) is 2.47. The molecular formula is C15H15F5O4. The zero-order chi connectivity index (χ0) is 17.9. The monoisotopic (exact) mass is 354 g/mol. The van der Waals surface area contributed by atoms with Gasteiger partial charge in [-0.15, -0.1) is 0 Å². The first-order valence-electron chi connectivity index (χ1n) is 7.21. The molecule has 1 aliphatic rings. The molecular weight excluding hydrogens is 339 g/mol. The number of carbonyl (C=O) groups excluding carboxylic acids is 1. The summed E-state index contributed by atoms with van der Waals surface area (Å²) in [6.07, 6.45) is -3.95. The molecule has 0 amide bonds. The maximum Gasteiger partial charge on any atom is 0.491 e. The van der Waals surface area contributed by atoms with Crippen LogP contribution in [0.4, 0.5) is 22.0 Å². The minimum absolute atomic E-state index is 0.268. The Labute approximate surface area is 134 Å². The second kappa shape index (κ2) is 7.43. The Kier molecular flexibility index (Phi) is 5.76. The fraction of sp³-hybridized carbons (Fsp3) is 0.533. The molecule has 2 rings (SSSR count). The van der Waals surface area contributed by atoms with Crippen molar-refractivity contribution in [2.24, 2.45) is 0 Å². The van der Waals surface area contributed by atoms with Crippen molar-refractivity contribution in [1.29, 1.82) is 0 Å². The highest BCUT2D eigenvalue weighted by Gasteiger charge is 2.43. The molecule has 0 bridgehead atoms. The lowest BCUT2D eigenvalue weighted by Crippen LogP contribution is -2.38. The third kappa shape index (κ3) is 4.41. The molecule has 1 aliphatic heterocycles. The third-order valence-electron chi connectivity index (χ3n) is 3.39. The lowest BCUT2D eigenvalue weighted by molar-refractivity contribution is -0.314. The molecule has 134 valence electrons. The van der Waals surface area contributed by atoms with Crippen molar-refractivity contribution in [1.82, 2.24) is 0 Å². The van der Waals surface area contributed by atoms with Gasteiger partial charge in [-0.2, -0.15) is 13.2 Å². The van der Waals surface area contributed by atoms with Crippen LogP contribution < -0.4 is 0 Å². The van der Waals surface area contributed by atoms with Crippen LogP contribution in [0.25, 0.3) is 0 Å². The van der Waals surface area contributed by atoms with E-state index in [1.54, 1.807) is 0 Å². The lowest BCUT2D eigenvalue weighted by Gasteiger charge is -2.29. The first-order valence-corrected chi connectivity index (χ1v) is 7.21. The Hall–Kier alpha value is -1.74. The lowest BCUT2D eigenvalue weighted by atomic mass is 9.96. The number of hydrogen-bond donors (Lipinski definition) is 0. The van der Waals surface area contributed by atoms with Crippen molar-refractivity contribution in [3.8, 4) is 0 Å². The van der Waals surface area contributed by atoms with Crippen LogP contribution >= 0.6 is 0 Å². The van der Waals surface area contributed by atoms with Gasteiger partial charge in [0.1, 0.15) is 11.6 Å². The van der Waals surface area contributed by atoms with Crippen LogP contribution in [0.15, 0.2) is 12.1 Å². The second-order valence-electron chi connectivity index (χ2n) is 5.28. The molecule has 24 heavy (non-hydrogen) atoms. The van der Waals surface area contributed by atoms with Crippen LogP contribution in [-0.2, 0) is 25.4 Å². The summed E-state index contributed by atoms with van der Waals surface area (Å²) < 4.78 is 78.0. The minimum atomic E-state index is -5.18. The predicted molar refractivity (Wildman–Crippen MR) is 70.9 cm³/mol. The number of ether oxygens (including phenoxy) is 3. The molecule has 1 saturated heterocycles. The van der Waals surface area contributed by atoms with Gasteiger partial charge in [-0.25, -0.2) is 13.6 Å². The quantitative estimate of drug-likeness (QED) is 0.614. The average molecular weight is 354 g/mol. The van der Waals surface area contributed by atoms with Crippen LogP contribution in [0.5, 0.6) is 0 Å². The highest BCUT2D eigenvalue weighted by atomic mass is 19.4. The molecule has 0 unspecified atom stereocenters. The van der Waals surface area contributed by atoms with Crippen LogP contribution in [-0.4, -0.2) is 31.8 Å². The van der Waals surface area contributed by atoms with E-state index in [0.29, 0.717) is 12.0 Å². The van der Waals surface area contributed by atoms with Gasteiger partial charge in [0.2, 0.25) is 0 Å². The SMILES string of the molecule is CCCc1cc(F)c(C2COC(OC(=O)C(F)(F)F)OC2)c(F)c1. The second-order valence-corrected chi connectivity index (χ2v) is 5.28. The number of carbonyl (C=O) groups is 1. The summed E-state index contributed by atoms with van der Waals surface area (Å²) in [5, 5.41) is 0. The third-order valence-corrected chi connectivity index (χ3v) is 3.39. The fourth-order valence-electron chi connectivity index (χ4n) is 2.33. The van der Waals surface area contributed by atoms with Crippen molar-refractivity contribution < 1.29 is 41.0 Å². The summed E-state index contributed by atoms with van der Waals surface area (Å²) in [5.74, 6) is -4.88. The Balaban J connectivity index is 2.01. The zero-order valence-corrected chi connectivity index (χ0v) is 12.7. The van der Waals surface area contributed by atoms with E-state index in [4.69, 9.17) is 9.47 Å². The van der Waals surface area contributed by atoms with Gasteiger partial charge < -0.3 is 14.2 Å². The minimum Gasteiger partial charge on any atom is -0.404 e. The Morgan fingerprint density at radius 1 is 1.21 bits per heavy atom. The summed E-state index contributed by atoms with van der Waals surface area (Å²) in [6, 6.07) is 2.41. The molecule has 1 aromatic carbocycles. The number of benzene rings is 1. The molecule has 0 aliphatic carbocycles. The van der Waals surface area contributed by atoms with Crippen molar-refractivity contribution in [3.05, 3.63) is 34.9 Å². The number of halogens is 5. The molecule has 0 N–H and O–H groups in total. The molecule has 0 spiro atoms. The Bertz CT molecular complexity index is 571. The number of hydrogen-bond acceptors (Lipinski definition) is 4. The van der Waals surface area contributed by atoms with Gasteiger partial charge >= 0.3 is 18.6 Å². The van der Waals surface area contributed by atoms with Gasteiger partial charge in [0.25, 0.3) is 0 Å². The number of aryl methyl sites for hydroxylation is 1. The molecule has 0 radical (unpaired) electrons. The normalized spacial score (nSPS) is 21.6. The van der Waals surface area contributed by atoms with Gasteiger partial charge in [-0.3, -0.25) is 0 Å². The summed E-state index contributed by atoms with van der Waals surface area (Å²) in [5.41, 5.74) is 0.237. The number of rotatable bonds is 4. The highest BCUT2D eigenvalue weighted by Crippen LogP contribution is 2.29. The largest absolute Gasteiger partial charge is 0.491 e. The maximum atomic E-state index is 14.1. The molecule has 1 aromatic rings. The topological polar surface area (TPSA) is 44.8 Å². The van der Waals surface area contributed by atoms with Crippen LogP contribution in [0.2, 0.25) is 0 Å². The van der Waals surface area contributed by atoms with E-state index in [1.807, 2.05) is 6.92 Å². The summed E-state index contributed by atoms with van der Waals surface area (Å²) >= 11 is 0. The predicted octanol–water partition coefficient (Wildman–Crippen LogP) is 3.44. The fourth-order valence-corrected chi connectivity index (χ4v) is 2.33. The molecule has 9 heteroatoms. The Morgan fingerprint density at radius 2 is 1.75 bits per heavy atom.